The van der Waals surface area contributed by atoms with E-state index in [2.05, 4.69) is 63.4 Å². The van der Waals surface area contributed by atoms with Gasteiger partial charge in [0.15, 0.2) is 0 Å². The van der Waals surface area contributed by atoms with Gasteiger partial charge in [0.05, 0.1) is 31.6 Å². The normalized spacial score (nSPS) is 10.7. The number of anilines is 1. The highest BCUT2D eigenvalue weighted by atomic mass is 79.9. The average Bonchev–Trinajstić information content (AvgIpc) is 2.76. The molecule has 0 radical (unpaired) electrons. The molecule has 2 rings (SSSR count). The Balaban J connectivity index is 2.05. The fraction of sp³-hybridized carbons (Fsp3) is 0.273. The van der Waals surface area contributed by atoms with Crippen LogP contribution in [0.5, 0.6) is 0 Å². The number of hydrogen-bond acceptors (Lipinski definition) is 4. The van der Waals surface area contributed by atoms with E-state index in [1.807, 2.05) is 18.3 Å². The summed E-state index contributed by atoms with van der Waals surface area (Å²) in [5, 5.41) is 20.0. The number of aliphatic hydroxyl groups excluding tert-OH is 1. The van der Waals surface area contributed by atoms with Crippen molar-refractivity contribution in [2.45, 2.75) is 13.1 Å². The summed E-state index contributed by atoms with van der Waals surface area (Å²) in [6, 6.07) is 3.94. The second-order valence-electron chi connectivity index (χ2n) is 3.79. The predicted molar refractivity (Wildman–Crippen MR) is 84.0 cm³/mol. The van der Waals surface area contributed by atoms with E-state index in [4.69, 9.17) is 5.11 Å². The van der Waals surface area contributed by atoms with Crippen LogP contribution < -0.4 is 5.32 Å². The SMILES string of the molecule is OCCn1cc(CNc2c(Br)cc(Br)cc2Br)nn1. The van der Waals surface area contributed by atoms with Crippen molar-refractivity contribution in [2.75, 3.05) is 11.9 Å². The summed E-state index contributed by atoms with van der Waals surface area (Å²) in [7, 11) is 0. The Labute approximate surface area is 135 Å². The molecule has 1 heterocycles. The van der Waals surface area contributed by atoms with Gasteiger partial charge in [-0.05, 0) is 44.0 Å². The highest BCUT2D eigenvalue weighted by Crippen LogP contribution is 2.34. The zero-order chi connectivity index (χ0) is 13.8. The second-order valence-corrected chi connectivity index (χ2v) is 6.42. The number of hydrogen-bond donors (Lipinski definition) is 2. The maximum absolute atomic E-state index is 8.81. The number of halogens is 3. The van der Waals surface area contributed by atoms with E-state index in [-0.39, 0.29) is 6.61 Å². The number of aromatic nitrogens is 3. The smallest absolute Gasteiger partial charge is 0.102 e. The molecule has 0 aliphatic heterocycles. The van der Waals surface area contributed by atoms with E-state index in [0.29, 0.717) is 13.1 Å². The van der Waals surface area contributed by atoms with E-state index in [9.17, 15) is 0 Å². The van der Waals surface area contributed by atoms with Crippen LogP contribution in [0, 0.1) is 0 Å². The van der Waals surface area contributed by atoms with Crippen molar-refractivity contribution in [2.24, 2.45) is 0 Å². The first kappa shape index (κ1) is 15.0. The molecule has 0 unspecified atom stereocenters. The standard InChI is InChI=1S/C11H11Br3N4O/c12-7-3-9(13)11(10(14)4-7)15-5-8-6-18(1-2-19)17-16-8/h3-4,6,15,19H,1-2,5H2. The minimum Gasteiger partial charge on any atom is -0.394 e. The Morgan fingerprint density at radius 1 is 1.21 bits per heavy atom. The molecule has 0 aliphatic rings. The third-order valence-corrected chi connectivity index (χ3v) is 4.08. The third kappa shape index (κ3) is 4.01. The number of nitrogens with zero attached hydrogens (tertiary/aromatic N) is 3. The Hall–Kier alpha value is -0.440. The van der Waals surface area contributed by atoms with Gasteiger partial charge >= 0.3 is 0 Å². The fourth-order valence-corrected chi connectivity index (χ4v) is 4.06. The van der Waals surface area contributed by atoms with Crippen molar-refractivity contribution in [3.63, 3.8) is 0 Å². The molecular weight excluding hydrogens is 444 g/mol. The van der Waals surface area contributed by atoms with Crippen molar-refractivity contribution >= 4 is 53.5 Å². The van der Waals surface area contributed by atoms with Crippen LogP contribution in [-0.4, -0.2) is 26.7 Å². The molecule has 0 aliphatic carbocycles. The Kier molecular flexibility index (Phi) is 5.37. The van der Waals surface area contributed by atoms with E-state index < -0.39 is 0 Å². The molecule has 0 spiro atoms. The highest BCUT2D eigenvalue weighted by molar-refractivity contribution is 9.11. The van der Waals surface area contributed by atoms with Crippen LogP contribution in [0.15, 0.2) is 31.7 Å². The van der Waals surface area contributed by atoms with Crippen LogP contribution in [-0.2, 0) is 13.1 Å². The Morgan fingerprint density at radius 3 is 2.53 bits per heavy atom. The molecule has 0 bridgehead atoms. The van der Waals surface area contributed by atoms with Gasteiger partial charge in [0.25, 0.3) is 0 Å². The summed E-state index contributed by atoms with van der Waals surface area (Å²) in [4.78, 5) is 0. The van der Waals surface area contributed by atoms with Gasteiger partial charge in [-0.15, -0.1) is 5.10 Å². The maximum Gasteiger partial charge on any atom is 0.102 e. The van der Waals surface area contributed by atoms with E-state index in [1.165, 1.54) is 0 Å². The van der Waals surface area contributed by atoms with Gasteiger partial charge in [0.1, 0.15) is 5.69 Å². The monoisotopic (exact) mass is 452 g/mol. The first-order valence-electron chi connectivity index (χ1n) is 5.48. The summed E-state index contributed by atoms with van der Waals surface area (Å²) in [6.07, 6.45) is 1.81. The molecule has 5 nitrogen and oxygen atoms in total. The van der Waals surface area contributed by atoms with Crippen LogP contribution in [0.3, 0.4) is 0 Å². The van der Waals surface area contributed by atoms with Crippen LogP contribution in [0.1, 0.15) is 5.69 Å². The lowest BCUT2D eigenvalue weighted by molar-refractivity contribution is 0.268. The van der Waals surface area contributed by atoms with Crippen molar-refractivity contribution in [3.05, 3.63) is 37.4 Å². The van der Waals surface area contributed by atoms with E-state index >= 15 is 0 Å². The molecule has 102 valence electrons. The lowest BCUT2D eigenvalue weighted by Crippen LogP contribution is -2.02. The largest absolute Gasteiger partial charge is 0.394 e. The third-order valence-electron chi connectivity index (χ3n) is 2.37. The number of rotatable bonds is 5. The van der Waals surface area contributed by atoms with Gasteiger partial charge in [-0.1, -0.05) is 21.1 Å². The molecule has 0 saturated carbocycles. The predicted octanol–water partition coefficient (Wildman–Crippen LogP) is 3.17. The summed E-state index contributed by atoms with van der Waals surface area (Å²) in [6.45, 7) is 1.07. The molecule has 2 aromatic rings. The lowest BCUT2D eigenvalue weighted by atomic mass is 10.3. The topological polar surface area (TPSA) is 63.0 Å². The minimum absolute atomic E-state index is 0.0556. The van der Waals surface area contributed by atoms with E-state index in [1.54, 1.807) is 4.68 Å². The fourth-order valence-electron chi connectivity index (χ4n) is 1.52. The summed E-state index contributed by atoms with van der Waals surface area (Å²) < 4.78 is 4.52. The second kappa shape index (κ2) is 6.83. The molecule has 0 amide bonds. The molecular formula is C11H11Br3N4O. The number of nitrogens with one attached hydrogen (secondary N) is 1. The van der Waals surface area contributed by atoms with E-state index in [0.717, 1.165) is 24.8 Å². The maximum atomic E-state index is 8.81. The van der Waals surface area contributed by atoms with Gasteiger partial charge < -0.3 is 10.4 Å². The molecule has 0 fully saturated rings. The molecule has 1 aromatic carbocycles. The summed E-state index contributed by atoms with van der Waals surface area (Å²) >= 11 is 10.4. The highest BCUT2D eigenvalue weighted by Gasteiger charge is 2.07. The summed E-state index contributed by atoms with van der Waals surface area (Å²) in [5.74, 6) is 0. The molecule has 8 heteroatoms. The molecule has 0 saturated heterocycles. The molecule has 1 aromatic heterocycles. The minimum atomic E-state index is 0.0556. The molecule has 19 heavy (non-hydrogen) atoms. The Bertz CT molecular complexity index is 550. The van der Waals surface area contributed by atoms with Crippen LogP contribution in [0.2, 0.25) is 0 Å². The van der Waals surface area contributed by atoms with Crippen LogP contribution in [0.25, 0.3) is 0 Å². The van der Waals surface area contributed by atoms with Gasteiger partial charge in [-0.3, -0.25) is 0 Å². The van der Waals surface area contributed by atoms with Gasteiger partial charge in [-0.2, -0.15) is 0 Å². The quantitative estimate of drug-likeness (QED) is 0.728. The Morgan fingerprint density at radius 2 is 1.89 bits per heavy atom. The van der Waals surface area contributed by atoms with Crippen molar-refractivity contribution in [1.29, 1.82) is 0 Å². The van der Waals surface area contributed by atoms with Crippen molar-refractivity contribution in [1.82, 2.24) is 15.0 Å². The first-order valence-corrected chi connectivity index (χ1v) is 7.86. The average molecular weight is 455 g/mol. The van der Waals surface area contributed by atoms with Gasteiger partial charge in [0.2, 0.25) is 0 Å². The number of aliphatic hydroxyl groups is 1. The zero-order valence-corrected chi connectivity index (χ0v) is 14.5. The lowest BCUT2D eigenvalue weighted by Gasteiger charge is -2.10. The van der Waals surface area contributed by atoms with Crippen molar-refractivity contribution < 1.29 is 5.11 Å². The van der Waals surface area contributed by atoms with Crippen molar-refractivity contribution in [3.8, 4) is 0 Å². The molecule has 0 atom stereocenters. The first-order chi connectivity index (χ1) is 9.10. The van der Waals surface area contributed by atoms with Gasteiger partial charge in [-0.25, -0.2) is 4.68 Å². The van der Waals surface area contributed by atoms with Crippen LogP contribution >= 0.6 is 47.8 Å². The summed E-state index contributed by atoms with van der Waals surface area (Å²) in [5.41, 5.74) is 1.77. The molecule has 2 N–H and O–H groups in total. The number of benzene rings is 1. The van der Waals surface area contributed by atoms with Gasteiger partial charge in [0, 0.05) is 13.4 Å². The van der Waals surface area contributed by atoms with Crippen LogP contribution in [0.4, 0.5) is 5.69 Å². The zero-order valence-electron chi connectivity index (χ0n) is 9.78.